The lowest BCUT2D eigenvalue weighted by Crippen LogP contribution is -2.18. The number of allylic oxidation sites excluding steroid dienone is 1. The van der Waals surface area contributed by atoms with Gasteiger partial charge in [0.1, 0.15) is 34.9 Å². The molecular weight excluding hydrogens is 396 g/mol. The first-order valence-electron chi connectivity index (χ1n) is 8.81. The molecule has 156 valence electrons. The number of ether oxygens (including phenoxy) is 1. The summed E-state index contributed by atoms with van der Waals surface area (Å²) in [6, 6.07) is 8.74. The number of nitrogens with zero attached hydrogens (tertiary/aromatic N) is 1. The number of amides is 2. The Bertz CT molecular complexity index is 1030. The van der Waals surface area contributed by atoms with Gasteiger partial charge in [-0.25, -0.2) is 8.78 Å². The summed E-state index contributed by atoms with van der Waals surface area (Å²) < 4.78 is 33.3. The molecule has 0 fully saturated rings. The Hall–Kier alpha value is -3.93. The van der Waals surface area contributed by atoms with Crippen molar-refractivity contribution in [2.24, 2.45) is 0 Å². The second-order valence-corrected chi connectivity index (χ2v) is 6.45. The molecule has 0 heterocycles. The predicted molar refractivity (Wildman–Crippen MR) is 106 cm³/mol. The largest absolute Gasteiger partial charge is 0.511 e. The highest BCUT2D eigenvalue weighted by Gasteiger charge is 2.20. The minimum atomic E-state index is -0.936. The highest BCUT2D eigenvalue weighted by atomic mass is 19.1. The number of anilines is 2. The van der Waals surface area contributed by atoms with Crippen molar-refractivity contribution in [3.05, 3.63) is 64.9 Å². The van der Waals surface area contributed by atoms with Crippen LogP contribution in [-0.2, 0) is 4.79 Å². The van der Waals surface area contributed by atoms with Gasteiger partial charge in [0.2, 0.25) is 0 Å². The van der Waals surface area contributed by atoms with Gasteiger partial charge in [0, 0.05) is 11.8 Å². The summed E-state index contributed by atoms with van der Waals surface area (Å²) in [4.78, 5) is 24.7. The molecule has 0 unspecified atom stereocenters. The Morgan fingerprint density at radius 2 is 1.77 bits per heavy atom. The van der Waals surface area contributed by atoms with E-state index in [1.54, 1.807) is 19.9 Å². The van der Waals surface area contributed by atoms with Crippen molar-refractivity contribution in [3.63, 3.8) is 0 Å². The molecule has 30 heavy (non-hydrogen) atoms. The number of nitrogens with one attached hydrogen (secondary N) is 2. The second-order valence-electron chi connectivity index (χ2n) is 6.45. The van der Waals surface area contributed by atoms with Gasteiger partial charge in [-0.1, -0.05) is 6.07 Å². The lowest BCUT2D eigenvalue weighted by Gasteiger charge is -2.16. The third-order valence-electron chi connectivity index (χ3n) is 3.75. The molecule has 0 aliphatic heterocycles. The smallest absolute Gasteiger partial charge is 0.269 e. The number of halogens is 2. The third-order valence-corrected chi connectivity index (χ3v) is 3.75. The fourth-order valence-electron chi connectivity index (χ4n) is 2.43. The minimum Gasteiger partial charge on any atom is -0.511 e. The predicted octanol–water partition coefficient (Wildman–Crippen LogP) is 4.30. The molecule has 0 aliphatic carbocycles. The Balaban J connectivity index is 2.36. The fourth-order valence-corrected chi connectivity index (χ4v) is 2.43. The van der Waals surface area contributed by atoms with E-state index in [9.17, 15) is 23.5 Å². The number of nitriles is 1. The van der Waals surface area contributed by atoms with Crippen molar-refractivity contribution >= 4 is 23.2 Å². The monoisotopic (exact) mass is 415 g/mol. The summed E-state index contributed by atoms with van der Waals surface area (Å²) in [5.74, 6) is -3.95. The van der Waals surface area contributed by atoms with Crippen LogP contribution in [0.3, 0.4) is 0 Å². The van der Waals surface area contributed by atoms with Crippen LogP contribution >= 0.6 is 0 Å². The topological polar surface area (TPSA) is 111 Å². The van der Waals surface area contributed by atoms with Crippen molar-refractivity contribution in [1.82, 2.24) is 0 Å². The van der Waals surface area contributed by atoms with Crippen molar-refractivity contribution in [3.8, 4) is 11.8 Å². The van der Waals surface area contributed by atoms with Crippen LogP contribution in [0.15, 0.2) is 47.7 Å². The summed E-state index contributed by atoms with van der Waals surface area (Å²) in [7, 11) is 0. The molecule has 0 spiro atoms. The van der Waals surface area contributed by atoms with Crippen molar-refractivity contribution in [1.29, 1.82) is 5.26 Å². The lowest BCUT2D eigenvalue weighted by molar-refractivity contribution is -0.112. The van der Waals surface area contributed by atoms with E-state index in [1.807, 2.05) is 0 Å². The Kier molecular flexibility index (Phi) is 7.09. The van der Waals surface area contributed by atoms with Gasteiger partial charge in [-0.2, -0.15) is 5.26 Å². The molecule has 0 saturated carbocycles. The van der Waals surface area contributed by atoms with Gasteiger partial charge in [0.25, 0.3) is 11.8 Å². The van der Waals surface area contributed by atoms with Gasteiger partial charge in [-0.05, 0) is 45.0 Å². The maximum Gasteiger partial charge on any atom is 0.269 e. The SMILES string of the molecule is C/C(O)=C(\C#N)C(=O)Nc1ccc(C(=O)Nc2c(F)cccc2F)c(OC(C)C)c1. The van der Waals surface area contributed by atoms with E-state index in [0.717, 1.165) is 12.1 Å². The second kappa shape index (κ2) is 9.52. The first-order chi connectivity index (χ1) is 14.1. The Labute approximate surface area is 171 Å². The van der Waals surface area contributed by atoms with E-state index >= 15 is 0 Å². The van der Waals surface area contributed by atoms with Crippen LogP contribution in [0.5, 0.6) is 5.75 Å². The molecule has 0 bridgehead atoms. The quantitative estimate of drug-likeness (QED) is 0.370. The zero-order valence-corrected chi connectivity index (χ0v) is 16.4. The molecule has 2 rings (SSSR count). The number of hydrogen-bond acceptors (Lipinski definition) is 5. The molecule has 0 atom stereocenters. The number of carbonyl (C=O) groups excluding carboxylic acids is 2. The van der Waals surface area contributed by atoms with Gasteiger partial charge in [-0.15, -0.1) is 0 Å². The number of aliphatic hydroxyl groups is 1. The first-order valence-corrected chi connectivity index (χ1v) is 8.81. The highest BCUT2D eigenvalue weighted by Crippen LogP contribution is 2.27. The number of aliphatic hydroxyl groups excluding tert-OH is 1. The number of carbonyl (C=O) groups is 2. The zero-order valence-electron chi connectivity index (χ0n) is 16.4. The summed E-state index contributed by atoms with van der Waals surface area (Å²) in [5.41, 5.74) is -0.923. The summed E-state index contributed by atoms with van der Waals surface area (Å²) in [6.45, 7) is 4.60. The maximum absolute atomic E-state index is 13.8. The molecule has 9 heteroatoms. The Morgan fingerprint density at radius 1 is 1.13 bits per heavy atom. The molecular formula is C21H19F2N3O4. The van der Waals surface area contributed by atoms with Gasteiger partial charge in [0.15, 0.2) is 5.57 Å². The van der Waals surface area contributed by atoms with E-state index in [4.69, 9.17) is 10.00 Å². The number of hydrogen-bond donors (Lipinski definition) is 3. The van der Waals surface area contributed by atoms with Gasteiger partial charge >= 0.3 is 0 Å². The lowest BCUT2D eigenvalue weighted by atomic mass is 10.1. The van der Waals surface area contributed by atoms with Crippen LogP contribution in [0.1, 0.15) is 31.1 Å². The maximum atomic E-state index is 13.8. The molecule has 0 saturated heterocycles. The van der Waals surface area contributed by atoms with Crippen molar-refractivity contribution in [2.75, 3.05) is 10.6 Å². The van der Waals surface area contributed by atoms with Crippen LogP contribution in [0.4, 0.5) is 20.2 Å². The molecule has 3 N–H and O–H groups in total. The number of benzene rings is 2. The Morgan fingerprint density at radius 3 is 2.30 bits per heavy atom. The van der Waals surface area contributed by atoms with E-state index in [2.05, 4.69) is 10.6 Å². The van der Waals surface area contributed by atoms with E-state index in [-0.39, 0.29) is 23.1 Å². The normalized spacial score (nSPS) is 11.4. The molecule has 0 aromatic heterocycles. The average Bonchev–Trinajstić information content (AvgIpc) is 2.64. The first kappa shape index (κ1) is 22.4. The van der Waals surface area contributed by atoms with E-state index in [0.29, 0.717) is 0 Å². The number of para-hydroxylation sites is 1. The molecule has 2 amide bonds. The van der Waals surface area contributed by atoms with Gasteiger partial charge < -0.3 is 20.5 Å². The minimum absolute atomic E-state index is 0.0289. The number of rotatable bonds is 6. The van der Waals surface area contributed by atoms with Crippen LogP contribution in [0.2, 0.25) is 0 Å². The fraction of sp³-hybridized carbons (Fsp3) is 0.190. The summed E-state index contributed by atoms with van der Waals surface area (Å²) in [6.07, 6.45) is -0.359. The van der Waals surface area contributed by atoms with Gasteiger partial charge in [0.05, 0.1) is 11.7 Å². The molecule has 0 aliphatic rings. The molecule has 2 aromatic carbocycles. The molecule has 2 aromatic rings. The zero-order chi connectivity index (χ0) is 22.4. The average molecular weight is 415 g/mol. The standard InChI is InChI=1S/C21H19F2N3O4/c1-11(2)30-18-9-13(25-21(29)15(10-24)12(3)27)7-8-14(18)20(28)26-19-16(22)5-4-6-17(19)23/h4-9,11,27H,1-3H3,(H,25,29)(H,26,28)/b15-12-. The summed E-state index contributed by atoms with van der Waals surface area (Å²) in [5, 5.41) is 22.9. The third kappa shape index (κ3) is 5.32. The van der Waals surface area contributed by atoms with Crippen molar-refractivity contribution in [2.45, 2.75) is 26.9 Å². The summed E-state index contributed by atoms with van der Waals surface area (Å²) >= 11 is 0. The van der Waals surface area contributed by atoms with Crippen molar-refractivity contribution < 1.29 is 28.2 Å². The van der Waals surface area contributed by atoms with Crippen LogP contribution in [-0.4, -0.2) is 23.0 Å². The van der Waals surface area contributed by atoms with Crippen LogP contribution in [0, 0.1) is 23.0 Å². The molecule has 7 nitrogen and oxygen atoms in total. The van der Waals surface area contributed by atoms with Crippen LogP contribution in [0.25, 0.3) is 0 Å². The van der Waals surface area contributed by atoms with Gasteiger partial charge in [-0.3, -0.25) is 9.59 Å². The van der Waals surface area contributed by atoms with Crippen LogP contribution < -0.4 is 15.4 Å². The highest BCUT2D eigenvalue weighted by molar-refractivity contribution is 6.09. The van der Waals surface area contributed by atoms with E-state index in [1.165, 1.54) is 31.2 Å². The van der Waals surface area contributed by atoms with E-state index < -0.39 is 40.5 Å². The molecule has 0 radical (unpaired) electrons.